The molecule has 8 heteroatoms. The number of aromatic nitrogens is 1. The fourth-order valence-corrected chi connectivity index (χ4v) is 3.49. The molecule has 0 unspecified atom stereocenters. The Morgan fingerprint density at radius 3 is 2.92 bits per heavy atom. The third kappa shape index (κ3) is 3.24. The van der Waals surface area contributed by atoms with E-state index in [4.69, 9.17) is 10.5 Å². The van der Waals surface area contributed by atoms with Crippen molar-refractivity contribution in [3.8, 4) is 5.75 Å². The van der Waals surface area contributed by atoms with Gasteiger partial charge in [-0.25, -0.2) is 9.78 Å². The molecule has 0 fully saturated rings. The van der Waals surface area contributed by atoms with Gasteiger partial charge in [-0.05, 0) is 23.6 Å². The van der Waals surface area contributed by atoms with Crippen molar-refractivity contribution in [1.82, 2.24) is 10.3 Å². The molecule has 0 saturated carbocycles. The number of nitrogen functional groups attached to an aromatic ring is 1. The molecule has 0 radical (unpaired) electrons. The number of carbonyl (C=O) groups is 2. The average molecular weight is 357 g/mol. The number of rotatable bonds is 5. The van der Waals surface area contributed by atoms with E-state index < -0.39 is 5.97 Å². The minimum absolute atomic E-state index is 0.113. The normalized spacial score (nSPS) is 10.6. The molecule has 4 N–H and O–H groups in total. The maximum absolute atomic E-state index is 11.7. The number of ether oxygens (including phenoxy) is 1. The summed E-state index contributed by atoms with van der Waals surface area (Å²) >= 11 is 1.28. The van der Waals surface area contributed by atoms with Gasteiger partial charge in [-0.1, -0.05) is 6.07 Å². The van der Waals surface area contributed by atoms with Gasteiger partial charge in [0.25, 0.3) is 5.91 Å². The summed E-state index contributed by atoms with van der Waals surface area (Å²) in [5.74, 6) is -0.462. The van der Waals surface area contributed by atoms with Gasteiger partial charge in [0.05, 0.1) is 10.3 Å². The summed E-state index contributed by atoms with van der Waals surface area (Å²) in [6, 6.07) is 6.79. The second-order valence-electron chi connectivity index (χ2n) is 5.22. The number of carboxylic acid groups (broad SMARTS) is 1. The number of carboxylic acids is 1. The van der Waals surface area contributed by atoms with E-state index in [0.29, 0.717) is 21.4 Å². The molecule has 3 rings (SSSR count). The highest BCUT2D eigenvalue weighted by molar-refractivity contribution is 7.17. The topological polar surface area (TPSA) is 115 Å². The van der Waals surface area contributed by atoms with Gasteiger partial charge >= 0.3 is 5.97 Å². The molecule has 7 nitrogen and oxygen atoms in total. The zero-order chi connectivity index (χ0) is 18.0. The number of nitrogens with two attached hydrogens (primary N) is 1. The zero-order valence-corrected chi connectivity index (χ0v) is 14.1. The van der Waals surface area contributed by atoms with Crippen molar-refractivity contribution in [2.45, 2.75) is 6.61 Å². The van der Waals surface area contributed by atoms with Crippen molar-refractivity contribution >= 4 is 39.1 Å². The fraction of sp³-hybridized carbons (Fsp3) is 0.118. The third-order valence-electron chi connectivity index (χ3n) is 3.65. The van der Waals surface area contributed by atoms with E-state index in [0.717, 1.165) is 5.56 Å². The first-order chi connectivity index (χ1) is 12.0. The molecule has 0 spiro atoms. The highest BCUT2D eigenvalue weighted by Crippen LogP contribution is 2.33. The molecule has 0 aliphatic heterocycles. The molecule has 0 bridgehead atoms. The fourth-order valence-electron chi connectivity index (χ4n) is 2.42. The Balaban J connectivity index is 1.88. The molecule has 2 aromatic heterocycles. The van der Waals surface area contributed by atoms with Gasteiger partial charge in [-0.15, -0.1) is 11.3 Å². The largest absolute Gasteiger partial charge is 0.489 e. The lowest BCUT2D eigenvalue weighted by molar-refractivity contribution is 0.0698. The SMILES string of the molecule is CNC(=O)c1cccc(OCc2csc3c(C(=O)O)cnc(N)c23)c1. The van der Waals surface area contributed by atoms with Crippen LogP contribution < -0.4 is 15.8 Å². The molecule has 0 aliphatic rings. The molecule has 128 valence electrons. The van der Waals surface area contributed by atoms with Crippen molar-refractivity contribution in [2.75, 3.05) is 12.8 Å². The van der Waals surface area contributed by atoms with Crippen LogP contribution in [0.5, 0.6) is 5.75 Å². The molecular weight excluding hydrogens is 342 g/mol. The monoisotopic (exact) mass is 357 g/mol. The number of fused-ring (bicyclic) bond motifs is 1. The summed E-state index contributed by atoms with van der Waals surface area (Å²) in [5.41, 5.74) is 7.27. The van der Waals surface area contributed by atoms with Crippen LogP contribution in [0.15, 0.2) is 35.8 Å². The minimum atomic E-state index is -1.05. The van der Waals surface area contributed by atoms with Crippen LogP contribution in [0.1, 0.15) is 26.3 Å². The Bertz CT molecular complexity index is 968. The van der Waals surface area contributed by atoms with Crippen LogP contribution in [0.25, 0.3) is 10.1 Å². The summed E-state index contributed by atoms with van der Waals surface area (Å²) < 4.78 is 6.31. The molecule has 2 heterocycles. The standard InChI is InChI=1S/C17H15N3O4S/c1-19-16(21)9-3-2-4-11(5-9)24-7-10-8-25-14-12(17(22)23)6-20-15(18)13(10)14/h2-6,8H,7H2,1H3,(H2,18,20)(H,19,21)(H,22,23). The molecular formula is C17H15N3O4S. The Kier molecular flexibility index (Phi) is 4.53. The maximum atomic E-state index is 11.7. The molecule has 3 aromatic rings. The van der Waals surface area contributed by atoms with E-state index in [-0.39, 0.29) is 23.9 Å². The summed E-state index contributed by atoms with van der Waals surface area (Å²) in [7, 11) is 1.56. The second-order valence-corrected chi connectivity index (χ2v) is 6.10. The highest BCUT2D eigenvalue weighted by atomic mass is 32.1. The number of nitrogens with one attached hydrogen (secondary N) is 1. The number of hydrogen-bond acceptors (Lipinski definition) is 6. The van der Waals surface area contributed by atoms with E-state index in [2.05, 4.69) is 10.3 Å². The number of anilines is 1. The lowest BCUT2D eigenvalue weighted by Gasteiger charge is -2.08. The quantitative estimate of drug-likeness (QED) is 0.646. The van der Waals surface area contributed by atoms with E-state index in [1.807, 2.05) is 0 Å². The smallest absolute Gasteiger partial charge is 0.338 e. The predicted octanol–water partition coefficient (Wildman–Crippen LogP) is 2.52. The second kappa shape index (κ2) is 6.78. The number of benzene rings is 1. The van der Waals surface area contributed by atoms with Crippen LogP contribution >= 0.6 is 11.3 Å². The van der Waals surface area contributed by atoms with Crippen molar-refractivity contribution in [2.24, 2.45) is 0 Å². The van der Waals surface area contributed by atoms with E-state index >= 15 is 0 Å². The number of nitrogens with zero attached hydrogens (tertiary/aromatic N) is 1. The molecule has 1 amide bonds. The number of hydrogen-bond donors (Lipinski definition) is 3. The molecule has 0 aliphatic carbocycles. The Labute approximate surface area is 147 Å². The van der Waals surface area contributed by atoms with Crippen molar-refractivity contribution in [3.63, 3.8) is 0 Å². The lowest BCUT2D eigenvalue weighted by atomic mass is 10.1. The number of aromatic carboxylic acids is 1. The predicted molar refractivity (Wildman–Crippen MR) is 95.2 cm³/mol. The van der Waals surface area contributed by atoms with Gasteiger partial charge in [-0.2, -0.15) is 0 Å². The van der Waals surface area contributed by atoms with Crippen LogP contribution in [0.2, 0.25) is 0 Å². The summed E-state index contributed by atoms with van der Waals surface area (Å²) in [4.78, 5) is 26.9. The van der Waals surface area contributed by atoms with Crippen molar-refractivity contribution in [3.05, 3.63) is 52.5 Å². The maximum Gasteiger partial charge on any atom is 0.338 e. The molecule has 0 atom stereocenters. The van der Waals surface area contributed by atoms with E-state index in [1.54, 1.807) is 36.7 Å². The number of carbonyl (C=O) groups excluding carboxylic acids is 1. The van der Waals surface area contributed by atoms with Crippen molar-refractivity contribution < 1.29 is 19.4 Å². The van der Waals surface area contributed by atoms with Crippen LogP contribution in [0.4, 0.5) is 5.82 Å². The van der Waals surface area contributed by atoms with Gasteiger partial charge in [-0.3, -0.25) is 4.79 Å². The number of amides is 1. The van der Waals surface area contributed by atoms with Gasteiger partial charge in [0.2, 0.25) is 0 Å². The summed E-state index contributed by atoms with van der Waals surface area (Å²) in [5, 5.41) is 14.2. The Morgan fingerprint density at radius 1 is 1.40 bits per heavy atom. The van der Waals surface area contributed by atoms with Crippen LogP contribution in [-0.4, -0.2) is 29.0 Å². The summed E-state index contributed by atoms with van der Waals surface area (Å²) in [6.45, 7) is 0.187. The highest BCUT2D eigenvalue weighted by Gasteiger charge is 2.17. The van der Waals surface area contributed by atoms with E-state index in [9.17, 15) is 14.7 Å². The first-order valence-corrected chi connectivity index (χ1v) is 8.22. The van der Waals surface area contributed by atoms with Gasteiger partial charge in [0.1, 0.15) is 18.2 Å². The van der Waals surface area contributed by atoms with Crippen LogP contribution in [0.3, 0.4) is 0 Å². The zero-order valence-electron chi connectivity index (χ0n) is 13.3. The van der Waals surface area contributed by atoms with E-state index in [1.165, 1.54) is 17.5 Å². The average Bonchev–Trinajstić information content (AvgIpc) is 3.04. The van der Waals surface area contributed by atoms with Gasteiger partial charge in [0, 0.05) is 29.8 Å². The third-order valence-corrected chi connectivity index (χ3v) is 4.71. The van der Waals surface area contributed by atoms with Crippen molar-refractivity contribution in [1.29, 1.82) is 0 Å². The summed E-state index contributed by atoms with van der Waals surface area (Å²) in [6.07, 6.45) is 1.26. The molecule has 0 saturated heterocycles. The Morgan fingerprint density at radius 2 is 2.20 bits per heavy atom. The minimum Gasteiger partial charge on any atom is -0.489 e. The van der Waals surface area contributed by atoms with Gasteiger partial charge in [0.15, 0.2) is 0 Å². The Hall–Kier alpha value is -3.13. The first-order valence-electron chi connectivity index (χ1n) is 7.34. The first kappa shape index (κ1) is 16.7. The van der Waals surface area contributed by atoms with Crippen LogP contribution in [-0.2, 0) is 6.61 Å². The molecule has 25 heavy (non-hydrogen) atoms. The number of pyridine rings is 1. The lowest BCUT2D eigenvalue weighted by Crippen LogP contribution is -2.17. The number of thiophene rings is 1. The molecule has 1 aromatic carbocycles. The van der Waals surface area contributed by atoms with Gasteiger partial charge < -0.3 is 20.9 Å². The van der Waals surface area contributed by atoms with Crippen LogP contribution in [0, 0.1) is 0 Å².